The summed E-state index contributed by atoms with van der Waals surface area (Å²) in [6.45, 7) is 0.322. The van der Waals surface area contributed by atoms with Gasteiger partial charge in [0.15, 0.2) is 0 Å². The number of aliphatic carboxylic acids is 1. The van der Waals surface area contributed by atoms with Crippen molar-refractivity contribution in [2.45, 2.75) is 12.8 Å². The number of carbonyl (C=O) groups excluding carboxylic acids is 1. The summed E-state index contributed by atoms with van der Waals surface area (Å²) in [6.07, 6.45) is 0.386. The minimum absolute atomic E-state index is 0.0114. The summed E-state index contributed by atoms with van der Waals surface area (Å²) in [5, 5.41) is 11.8. The lowest BCUT2D eigenvalue weighted by Crippen LogP contribution is -2.32. The highest BCUT2D eigenvalue weighted by atomic mass is 16.4. The number of hydrogen-bond donors (Lipinski definition) is 3. The number of carbonyl (C=O) groups is 2. The Bertz CT molecular complexity index is 717. The van der Waals surface area contributed by atoms with Gasteiger partial charge in [0.2, 0.25) is 0 Å². The number of nitrogen functional groups attached to an aromatic ring is 1. The average Bonchev–Trinajstić information content (AvgIpc) is 2.58. The molecule has 0 radical (unpaired) electrons. The zero-order valence-corrected chi connectivity index (χ0v) is 13.5. The van der Waals surface area contributed by atoms with Crippen LogP contribution in [0.5, 0.6) is 0 Å². The molecule has 126 valence electrons. The van der Waals surface area contributed by atoms with Gasteiger partial charge in [-0.25, -0.2) is 0 Å². The fourth-order valence-electron chi connectivity index (χ4n) is 2.42. The van der Waals surface area contributed by atoms with Crippen LogP contribution in [0.1, 0.15) is 23.2 Å². The third-order valence-corrected chi connectivity index (χ3v) is 3.65. The fraction of sp³-hybridized carbons (Fsp3) is 0.222. The van der Waals surface area contributed by atoms with Crippen LogP contribution in [0.4, 0.5) is 17.1 Å². The van der Waals surface area contributed by atoms with E-state index in [9.17, 15) is 9.59 Å². The number of hydrogen-bond acceptors (Lipinski definition) is 4. The molecule has 2 aromatic rings. The molecule has 6 heteroatoms. The van der Waals surface area contributed by atoms with Gasteiger partial charge in [0, 0.05) is 31.3 Å². The SMILES string of the molecule is CNc1ccc(C(=O)N(CCCC(=O)O)c2ccccc2)cc1N. The van der Waals surface area contributed by atoms with Crippen LogP contribution in [0.3, 0.4) is 0 Å². The first kappa shape index (κ1) is 17.3. The smallest absolute Gasteiger partial charge is 0.303 e. The molecule has 0 saturated heterocycles. The Balaban J connectivity index is 2.26. The number of nitrogens with two attached hydrogens (primary N) is 1. The number of carboxylic acids is 1. The van der Waals surface area contributed by atoms with E-state index in [0.717, 1.165) is 11.4 Å². The minimum atomic E-state index is -0.877. The molecule has 0 spiro atoms. The first-order valence-corrected chi connectivity index (χ1v) is 7.69. The Morgan fingerprint density at radius 2 is 1.88 bits per heavy atom. The highest BCUT2D eigenvalue weighted by Gasteiger charge is 2.18. The van der Waals surface area contributed by atoms with E-state index in [2.05, 4.69) is 5.32 Å². The van der Waals surface area contributed by atoms with E-state index < -0.39 is 5.97 Å². The molecule has 6 nitrogen and oxygen atoms in total. The standard InChI is InChI=1S/C18H21N3O3/c1-20-16-10-9-13(12-15(16)19)18(24)21(11-5-8-17(22)23)14-6-3-2-4-7-14/h2-4,6-7,9-10,12,20H,5,8,11,19H2,1H3,(H,22,23). The van der Waals surface area contributed by atoms with Crippen LogP contribution in [0.15, 0.2) is 48.5 Å². The lowest BCUT2D eigenvalue weighted by Gasteiger charge is -2.23. The topological polar surface area (TPSA) is 95.7 Å². The van der Waals surface area contributed by atoms with E-state index >= 15 is 0 Å². The van der Waals surface area contributed by atoms with Crippen molar-refractivity contribution in [2.75, 3.05) is 29.5 Å². The van der Waals surface area contributed by atoms with Crippen LogP contribution in [0.2, 0.25) is 0 Å². The Morgan fingerprint density at radius 1 is 1.17 bits per heavy atom. The molecule has 4 N–H and O–H groups in total. The van der Waals surface area contributed by atoms with Crippen LogP contribution in [0.25, 0.3) is 0 Å². The maximum Gasteiger partial charge on any atom is 0.303 e. The number of carboxylic acid groups (broad SMARTS) is 1. The normalized spacial score (nSPS) is 10.2. The molecule has 0 bridgehead atoms. The Kier molecular flexibility index (Phi) is 5.78. The molecule has 0 aliphatic rings. The van der Waals surface area contributed by atoms with Gasteiger partial charge < -0.3 is 21.1 Å². The van der Waals surface area contributed by atoms with Gasteiger partial charge >= 0.3 is 5.97 Å². The maximum atomic E-state index is 12.9. The van der Waals surface area contributed by atoms with E-state index in [4.69, 9.17) is 10.8 Å². The zero-order valence-electron chi connectivity index (χ0n) is 13.5. The quantitative estimate of drug-likeness (QED) is 0.680. The molecule has 0 aromatic heterocycles. The zero-order chi connectivity index (χ0) is 17.5. The molecule has 0 atom stereocenters. The summed E-state index contributed by atoms with van der Waals surface area (Å²) in [5.41, 5.74) is 8.37. The molecule has 0 heterocycles. The van der Waals surface area contributed by atoms with E-state index in [-0.39, 0.29) is 12.3 Å². The van der Waals surface area contributed by atoms with Crippen LogP contribution in [-0.4, -0.2) is 30.6 Å². The summed E-state index contributed by atoms with van der Waals surface area (Å²) in [7, 11) is 1.76. The molecule has 2 rings (SSSR count). The van der Waals surface area contributed by atoms with Crippen LogP contribution >= 0.6 is 0 Å². The van der Waals surface area contributed by atoms with Gasteiger partial charge in [-0.15, -0.1) is 0 Å². The first-order valence-electron chi connectivity index (χ1n) is 7.69. The predicted octanol–water partition coefficient (Wildman–Crippen LogP) is 2.82. The number of anilines is 3. The van der Waals surface area contributed by atoms with Gasteiger partial charge in [0.1, 0.15) is 0 Å². The maximum absolute atomic E-state index is 12.9. The van der Waals surface area contributed by atoms with E-state index in [1.54, 1.807) is 30.1 Å². The third kappa shape index (κ3) is 4.25. The van der Waals surface area contributed by atoms with Gasteiger partial charge in [-0.1, -0.05) is 18.2 Å². The lowest BCUT2D eigenvalue weighted by atomic mass is 10.1. The average molecular weight is 327 g/mol. The summed E-state index contributed by atoms with van der Waals surface area (Å²) < 4.78 is 0. The summed E-state index contributed by atoms with van der Waals surface area (Å²) in [6, 6.07) is 14.3. The van der Waals surface area contributed by atoms with Crippen LogP contribution in [0, 0.1) is 0 Å². The number of rotatable bonds is 7. The Labute approximate surface area is 140 Å². The van der Waals surface area contributed by atoms with E-state index in [1.807, 2.05) is 30.3 Å². The number of nitrogens with zero attached hydrogens (tertiary/aromatic N) is 1. The van der Waals surface area contributed by atoms with Crippen molar-refractivity contribution in [3.05, 3.63) is 54.1 Å². The first-order chi connectivity index (χ1) is 11.5. The van der Waals surface area contributed by atoms with Crippen LogP contribution < -0.4 is 16.0 Å². The van der Waals surface area contributed by atoms with Crippen molar-refractivity contribution in [1.29, 1.82) is 0 Å². The molecular weight excluding hydrogens is 306 g/mol. The molecule has 2 aromatic carbocycles. The van der Waals surface area contributed by atoms with E-state index in [1.165, 1.54) is 0 Å². The Morgan fingerprint density at radius 3 is 2.46 bits per heavy atom. The molecule has 1 amide bonds. The third-order valence-electron chi connectivity index (χ3n) is 3.65. The van der Waals surface area contributed by atoms with Crippen molar-refractivity contribution in [2.24, 2.45) is 0 Å². The fourth-order valence-corrected chi connectivity index (χ4v) is 2.42. The van der Waals surface area contributed by atoms with Crippen molar-refractivity contribution in [3.8, 4) is 0 Å². The minimum Gasteiger partial charge on any atom is -0.481 e. The second-order valence-corrected chi connectivity index (χ2v) is 5.34. The van der Waals surface area contributed by atoms with Gasteiger partial charge in [-0.2, -0.15) is 0 Å². The predicted molar refractivity (Wildman–Crippen MR) is 95.4 cm³/mol. The van der Waals surface area contributed by atoms with E-state index in [0.29, 0.717) is 24.2 Å². The van der Waals surface area contributed by atoms with Gasteiger partial charge in [0.05, 0.1) is 11.4 Å². The highest BCUT2D eigenvalue weighted by Crippen LogP contribution is 2.23. The molecular formula is C18H21N3O3. The number of benzene rings is 2. The van der Waals surface area contributed by atoms with Gasteiger partial charge in [-0.05, 0) is 36.8 Å². The van der Waals surface area contributed by atoms with Gasteiger partial charge in [-0.3, -0.25) is 9.59 Å². The number of nitrogens with one attached hydrogen (secondary N) is 1. The summed E-state index contributed by atoms with van der Waals surface area (Å²) in [4.78, 5) is 25.2. The monoisotopic (exact) mass is 327 g/mol. The summed E-state index contributed by atoms with van der Waals surface area (Å²) >= 11 is 0. The van der Waals surface area contributed by atoms with Crippen molar-refractivity contribution >= 4 is 28.9 Å². The van der Waals surface area contributed by atoms with Crippen molar-refractivity contribution < 1.29 is 14.7 Å². The number of para-hydroxylation sites is 1. The Hall–Kier alpha value is -3.02. The van der Waals surface area contributed by atoms with Crippen LogP contribution in [-0.2, 0) is 4.79 Å². The molecule has 24 heavy (non-hydrogen) atoms. The summed E-state index contributed by atoms with van der Waals surface area (Å²) in [5.74, 6) is -1.08. The second-order valence-electron chi connectivity index (χ2n) is 5.34. The molecule has 0 aliphatic heterocycles. The molecule has 0 saturated carbocycles. The molecule has 0 unspecified atom stereocenters. The molecule has 0 aliphatic carbocycles. The lowest BCUT2D eigenvalue weighted by molar-refractivity contribution is -0.137. The molecule has 0 fully saturated rings. The number of amides is 1. The van der Waals surface area contributed by atoms with Crippen molar-refractivity contribution in [3.63, 3.8) is 0 Å². The largest absolute Gasteiger partial charge is 0.481 e. The van der Waals surface area contributed by atoms with Gasteiger partial charge in [0.25, 0.3) is 5.91 Å². The second kappa shape index (κ2) is 8.01. The van der Waals surface area contributed by atoms with Crippen molar-refractivity contribution in [1.82, 2.24) is 0 Å². The highest BCUT2D eigenvalue weighted by molar-refractivity contribution is 6.07.